The van der Waals surface area contributed by atoms with Crippen LogP contribution in [0.25, 0.3) is 0 Å². The number of furan rings is 1. The SMILES string of the molecule is CN(Cc1ccc(C(=O)NN)o1)CC1CCCCO1. The Morgan fingerprint density at radius 2 is 2.37 bits per heavy atom. The highest BCUT2D eigenvalue weighted by atomic mass is 16.5. The van der Waals surface area contributed by atoms with E-state index < -0.39 is 5.91 Å². The van der Waals surface area contributed by atoms with Crippen molar-refractivity contribution in [3.63, 3.8) is 0 Å². The van der Waals surface area contributed by atoms with Crippen LogP contribution in [0.5, 0.6) is 0 Å². The molecule has 0 aliphatic carbocycles. The third-order valence-corrected chi connectivity index (χ3v) is 3.23. The van der Waals surface area contributed by atoms with E-state index in [9.17, 15) is 4.79 Å². The minimum atomic E-state index is -0.412. The van der Waals surface area contributed by atoms with Crippen molar-refractivity contribution in [2.45, 2.75) is 31.9 Å². The first kappa shape index (κ1) is 14.0. The van der Waals surface area contributed by atoms with E-state index >= 15 is 0 Å². The van der Waals surface area contributed by atoms with Crippen molar-refractivity contribution in [1.82, 2.24) is 10.3 Å². The molecule has 1 aliphatic heterocycles. The van der Waals surface area contributed by atoms with E-state index in [1.54, 1.807) is 12.1 Å². The summed E-state index contributed by atoms with van der Waals surface area (Å²) in [7, 11) is 2.02. The summed E-state index contributed by atoms with van der Waals surface area (Å²) in [5.41, 5.74) is 2.05. The summed E-state index contributed by atoms with van der Waals surface area (Å²) in [6, 6.07) is 3.42. The number of carbonyl (C=O) groups is 1. The summed E-state index contributed by atoms with van der Waals surface area (Å²) in [4.78, 5) is 13.4. The molecule has 2 rings (SSSR count). The number of hydrazine groups is 1. The van der Waals surface area contributed by atoms with Gasteiger partial charge in [-0.25, -0.2) is 5.84 Å². The zero-order chi connectivity index (χ0) is 13.7. The van der Waals surface area contributed by atoms with Crippen molar-refractivity contribution < 1.29 is 13.9 Å². The smallest absolute Gasteiger partial charge is 0.300 e. The second-order valence-corrected chi connectivity index (χ2v) is 4.92. The molecule has 6 heteroatoms. The fourth-order valence-electron chi connectivity index (χ4n) is 2.29. The quantitative estimate of drug-likeness (QED) is 0.470. The number of ether oxygens (including phenoxy) is 1. The fourth-order valence-corrected chi connectivity index (χ4v) is 2.29. The molecule has 1 amide bonds. The Morgan fingerprint density at radius 3 is 3.05 bits per heavy atom. The number of amides is 1. The lowest BCUT2D eigenvalue weighted by molar-refractivity contribution is -0.00342. The van der Waals surface area contributed by atoms with E-state index in [-0.39, 0.29) is 5.76 Å². The van der Waals surface area contributed by atoms with E-state index in [1.165, 1.54) is 6.42 Å². The Kier molecular flexibility index (Phi) is 4.95. The highest BCUT2D eigenvalue weighted by Crippen LogP contribution is 2.15. The number of carbonyl (C=O) groups excluding carboxylic acids is 1. The van der Waals surface area contributed by atoms with Crippen molar-refractivity contribution in [3.05, 3.63) is 23.7 Å². The van der Waals surface area contributed by atoms with Crippen LogP contribution in [0, 0.1) is 0 Å². The number of rotatable bonds is 5. The van der Waals surface area contributed by atoms with Gasteiger partial charge < -0.3 is 9.15 Å². The van der Waals surface area contributed by atoms with Crippen LogP contribution in [0.15, 0.2) is 16.5 Å². The Hall–Kier alpha value is -1.37. The van der Waals surface area contributed by atoms with Gasteiger partial charge in [0.1, 0.15) is 5.76 Å². The van der Waals surface area contributed by atoms with Crippen LogP contribution < -0.4 is 11.3 Å². The molecule has 6 nitrogen and oxygen atoms in total. The molecule has 0 aromatic carbocycles. The summed E-state index contributed by atoms with van der Waals surface area (Å²) in [5, 5.41) is 0. The van der Waals surface area contributed by atoms with Crippen molar-refractivity contribution in [3.8, 4) is 0 Å². The van der Waals surface area contributed by atoms with Crippen LogP contribution in [0.2, 0.25) is 0 Å². The van der Waals surface area contributed by atoms with E-state index in [2.05, 4.69) is 4.90 Å². The van der Waals surface area contributed by atoms with E-state index in [4.69, 9.17) is 15.0 Å². The average molecular weight is 267 g/mol. The van der Waals surface area contributed by atoms with Gasteiger partial charge in [0.25, 0.3) is 0 Å². The minimum Gasteiger partial charge on any atom is -0.455 e. The van der Waals surface area contributed by atoms with Crippen molar-refractivity contribution >= 4 is 5.91 Å². The number of hydrogen-bond acceptors (Lipinski definition) is 5. The molecule has 0 saturated carbocycles. The average Bonchev–Trinajstić information content (AvgIpc) is 2.87. The van der Waals surface area contributed by atoms with E-state index in [1.807, 2.05) is 12.5 Å². The molecular weight excluding hydrogens is 246 g/mol. The maximum Gasteiger partial charge on any atom is 0.300 e. The molecule has 19 heavy (non-hydrogen) atoms. The molecule has 106 valence electrons. The molecule has 1 aromatic rings. The largest absolute Gasteiger partial charge is 0.455 e. The van der Waals surface area contributed by atoms with Gasteiger partial charge in [0.05, 0.1) is 12.6 Å². The Bertz CT molecular complexity index is 413. The van der Waals surface area contributed by atoms with Gasteiger partial charge in [-0.3, -0.25) is 15.1 Å². The predicted octanol–water partition coefficient (Wildman–Crippen LogP) is 0.884. The van der Waals surface area contributed by atoms with Gasteiger partial charge in [-0.2, -0.15) is 0 Å². The summed E-state index contributed by atoms with van der Waals surface area (Å²) < 4.78 is 11.1. The highest BCUT2D eigenvalue weighted by Gasteiger charge is 2.17. The van der Waals surface area contributed by atoms with Crippen LogP contribution >= 0.6 is 0 Å². The van der Waals surface area contributed by atoms with Gasteiger partial charge in [0.15, 0.2) is 5.76 Å². The molecule has 0 bridgehead atoms. The molecule has 1 unspecified atom stereocenters. The molecule has 3 N–H and O–H groups in total. The normalized spacial score (nSPS) is 19.6. The number of nitrogen functional groups attached to an aromatic ring is 1. The lowest BCUT2D eigenvalue weighted by Crippen LogP contribution is -2.33. The number of nitrogens with zero attached hydrogens (tertiary/aromatic N) is 1. The van der Waals surface area contributed by atoms with Gasteiger partial charge in [-0.15, -0.1) is 0 Å². The van der Waals surface area contributed by atoms with E-state index in [0.717, 1.165) is 31.8 Å². The monoisotopic (exact) mass is 267 g/mol. The zero-order valence-corrected chi connectivity index (χ0v) is 11.2. The second-order valence-electron chi connectivity index (χ2n) is 4.92. The molecule has 0 radical (unpaired) electrons. The van der Waals surface area contributed by atoms with Crippen LogP contribution in [0.1, 0.15) is 35.6 Å². The number of likely N-dealkylation sites (N-methyl/N-ethyl adjacent to an activating group) is 1. The highest BCUT2D eigenvalue weighted by molar-refractivity contribution is 5.90. The summed E-state index contributed by atoms with van der Waals surface area (Å²) in [6.45, 7) is 2.39. The third-order valence-electron chi connectivity index (χ3n) is 3.23. The topological polar surface area (TPSA) is 80.7 Å². The van der Waals surface area contributed by atoms with Gasteiger partial charge in [-0.1, -0.05) is 0 Å². The van der Waals surface area contributed by atoms with Gasteiger partial charge in [0.2, 0.25) is 0 Å². The Morgan fingerprint density at radius 1 is 1.53 bits per heavy atom. The third kappa shape index (κ3) is 4.05. The van der Waals surface area contributed by atoms with Crippen molar-refractivity contribution in [1.29, 1.82) is 0 Å². The predicted molar refractivity (Wildman–Crippen MR) is 70.3 cm³/mol. The van der Waals surface area contributed by atoms with Crippen LogP contribution in [-0.4, -0.2) is 37.1 Å². The zero-order valence-electron chi connectivity index (χ0n) is 11.2. The van der Waals surface area contributed by atoms with Crippen molar-refractivity contribution in [2.75, 3.05) is 20.2 Å². The second kappa shape index (κ2) is 6.70. The van der Waals surface area contributed by atoms with Crippen LogP contribution in [0.3, 0.4) is 0 Å². The van der Waals surface area contributed by atoms with Gasteiger partial charge in [-0.05, 0) is 38.4 Å². The number of hydrogen-bond donors (Lipinski definition) is 2. The molecule has 1 aliphatic rings. The lowest BCUT2D eigenvalue weighted by Gasteiger charge is -2.26. The standard InChI is InChI=1S/C13H21N3O3/c1-16(8-10-4-2-3-7-18-10)9-11-5-6-12(19-11)13(17)15-14/h5-6,10H,2-4,7-9,14H2,1H3,(H,15,17). The first-order valence-electron chi connectivity index (χ1n) is 6.59. The summed E-state index contributed by atoms with van der Waals surface area (Å²) in [6.07, 6.45) is 3.82. The fraction of sp³-hybridized carbons (Fsp3) is 0.615. The maximum absolute atomic E-state index is 11.3. The molecule has 2 heterocycles. The molecule has 1 saturated heterocycles. The molecule has 1 aromatic heterocycles. The molecule has 0 spiro atoms. The van der Waals surface area contributed by atoms with Crippen LogP contribution in [-0.2, 0) is 11.3 Å². The minimum absolute atomic E-state index is 0.236. The van der Waals surface area contributed by atoms with Crippen molar-refractivity contribution in [2.24, 2.45) is 5.84 Å². The Balaban J connectivity index is 1.82. The Labute approximate surface area is 112 Å². The van der Waals surface area contributed by atoms with Crippen LogP contribution in [0.4, 0.5) is 0 Å². The number of nitrogens with two attached hydrogens (primary N) is 1. The molecule has 1 atom stereocenters. The lowest BCUT2D eigenvalue weighted by atomic mass is 10.1. The van der Waals surface area contributed by atoms with E-state index in [0.29, 0.717) is 12.6 Å². The van der Waals surface area contributed by atoms with Gasteiger partial charge in [0, 0.05) is 13.2 Å². The summed E-state index contributed by atoms with van der Waals surface area (Å²) in [5.74, 6) is 5.62. The maximum atomic E-state index is 11.3. The molecular formula is C13H21N3O3. The summed E-state index contributed by atoms with van der Waals surface area (Å²) >= 11 is 0. The first-order valence-corrected chi connectivity index (χ1v) is 6.59. The number of nitrogens with one attached hydrogen (secondary N) is 1. The van der Waals surface area contributed by atoms with Gasteiger partial charge >= 0.3 is 5.91 Å². The molecule has 1 fully saturated rings. The first-order chi connectivity index (χ1) is 9.19.